The second-order valence-corrected chi connectivity index (χ2v) is 4.52. The lowest BCUT2D eigenvalue weighted by Gasteiger charge is -2.40. The topological polar surface area (TPSA) is 26.7 Å². The van der Waals surface area contributed by atoms with E-state index in [4.69, 9.17) is 0 Å². The molecule has 1 N–H and O–H groups in total. The van der Waals surface area contributed by atoms with Gasteiger partial charge in [0.15, 0.2) is 0 Å². The van der Waals surface area contributed by atoms with Crippen LogP contribution in [0, 0.1) is 0 Å². The molecule has 1 rings (SSSR count). The van der Waals surface area contributed by atoms with E-state index < -0.39 is 0 Å². The first-order valence-corrected chi connectivity index (χ1v) is 5.72. The third-order valence-electron chi connectivity index (χ3n) is 3.20. The summed E-state index contributed by atoms with van der Waals surface area (Å²) in [6.07, 6.45) is 3.10. The van der Waals surface area contributed by atoms with Gasteiger partial charge < -0.3 is 10.0 Å². The minimum Gasteiger partial charge on any atom is -0.391 e. The van der Waals surface area contributed by atoms with Gasteiger partial charge in [-0.05, 0) is 20.5 Å². The number of aliphatic hydroxyl groups excluding tert-OH is 1. The van der Waals surface area contributed by atoms with Crippen LogP contribution in [0.4, 0.5) is 0 Å². The van der Waals surface area contributed by atoms with Crippen molar-refractivity contribution < 1.29 is 5.11 Å². The molecular weight excluding hydrogens is 176 g/mol. The van der Waals surface area contributed by atoms with Gasteiger partial charge in [-0.15, -0.1) is 0 Å². The van der Waals surface area contributed by atoms with Gasteiger partial charge in [-0.25, -0.2) is 0 Å². The van der Waals surface area contributed by atoms with E-state index in [9.17, 15) is 5.11 Å². The molecule has 0 bridgehead atoms. The molecule has 0 spiro atoms. The van der Waals surface area contributed by atoms with Gasteiger partial charge in [0.25, 0.3) is 0 Å². The normalized spacial score (nSPS) is 27.9. The van der Waals surface area contributed by atoms with Crippen LogP contribution >= 0.6 is 0 Å². The Morgan fingerprint density at radius 2 is 2.07 bits per heavy atom. The first-order valence-electron chi connectivity index (χ1n) is 5.72. The van der Waals surface area contributed by atoms with Crippen molar-refractivity contribution in [2.45, 2.75) is 38.3 Å². The average molecular weight is 200 g/mol. The SMILES string of the molecule is CCCCC(O)C1CN(C)CCN1C. The number of aliphatic hydroxyl groups is 1. The van der Waals surface area contributed by atoms with Gasteiger partial charge in [0, 0.05) is 25.7 Å². The Balaban J connectivity index is 2.38. The Hall–Kier alpha value is -0.120. The minimum absolute atomic E-state index is 0.150. The van der Waals surface area contributed by atoms with Crippen molar-refractivity contribution in [2.75, 3.05) is 33.7 Å². The van der Waals surface area contributed by atoms with Crippen molar-refractivity contribution in [3.63, 3.8) is 0 Å². The summed E-state index contributed by atoms with van der Waals surface area (Å²) in [4.78, 5) is 4.60. The molecule has 1 heterocycles. The molecule has 1 fully saturated rings. The van der Waals surface area contributed by atoms with Crippen LogP contribution in [0.3, 0.4) is 0 Å². The molecule has 14 heavy (non-hydrogen) atoms. The summed E-state index contributed by atoms with van der Waals surface area (Å²) in [7, 11) is 4.25. The molecule has 0 radical (unpaired) electrons. The molecular formula is C11H24N2O. The molecule has 1 aliphatic heterocycles. The highest BCUT2D eigenvalue weighted by molar-refractivity contribution is 4.84. The van der Waals surface area contributed by atoms with E-state index in [1.807, 2.05) is 0 Å². The second kappa shape index (κ2) is 5.69. The molecule has 0 aromatic heterocycles. The van der Waals surface area contributed by atoms with E-state index in [1.54, 1.807) is 0 Å². The lowest BCUT2D eigenvalue weighted by atomic mass is 10.0. The van der Waals surface area contributed by atoms with Crippen molar-refractivity contribution in [1.29, 1.82) is 0 Å². The maximum absolute atomic E-state index is 10.0. The Morgan fingerprint density at radius 1 is 1.36 bits per heavy atom. The first-order chi connectivity index (χ1) is 6.65. The maximum atomic E-state index is 10.0. The fourth-order valence-electron chi connectivity index (χ4n) is 2.07. The molecule has 1 saturated heterocycles. The van der Waals surface area contributed by atoms with E-state index in [0.717, 1.165) is 32.5 Å². The van der Waals surface area contributed by atoms with Crippen molar-refractivity contribution in [2.24, 2.45) is 0 Å². The standard InChI is InChI=1S/C11H24N2O/c1-4-5-6-11(14)10-9-12(2)7-8-13(10)3/h10-11,14H,4-9H2,1-3H3. The van der Waals surface area contributed by atoms with Gasteiger partial charge in [-0.2, -0.15) is 0 Å². The van der Waals surface area contributed by atoms with E-state index >= 15 is 0 Å². The monoisotopic (exact) mass is 200 g/mol. The van der Waals surface area contributed by atoms with Crippen molar-refractivity contribution >= 4 is 0 Å². The van der Waals surface area contributed by atoms with Gasteiger partial charge >= 0.3 is 0 Å². The molecule has 0 aliphatic carbocycles. The molecule has 1 aliphatic rings. The lowest BCUT2D eigenvalue weighted by molar-refractivity contribution is 0.00995. The summed E-state index contributed by atoms with van der Waals surface area (Å²) in [6.45, 7) is 5.36. The number of hydrogen-bond donors (Lipinski definition) is 1. The third kappa shape index (κ3) is 3.23. The van der Waals surface area contributed by atoms with Gasteiger partial charge in [0.05, 0.1) is 6.10 Å². The molecule has 3 heteroatoms. The number of likely N-dealkylation sites (N-methyl/N-ethyl adjacent to an activating group) is 2. The van der Waals surface area contributed by atoms with Crippen molar-refractivity contribution in [3.8, 4) is 0 Å². The summed E-state index contributed by atoms with van der Waals surface area (Å²) in [5, 5.41) is 10.0. The first kappa shape index (κ1) is 12.0. The predicted molar refractivity (Wildman–Crippen MR) is 59.4 cm³/mol. The number of piperazine rings is 1. The maximum Gasteiger partial charge on any atom is 0.0707 e. The van der Waals surface area contributed by atoms with E-state index in [-0.39, 0.29) is 6.10 Å². The van der Waals surface area contributed by atoms with Gasteiger partial charge in [-0.3, -0.25) is 4.90 Å². The highest BCUT2D eigenvalue weighted by Crippen LogP contribution is 2.14. The summed E-state index contributed by atoms with van der Waals surface area (Å²) in [5.74, 6) is 0. The fraction of sp³-hybridized carbons (Fsp3) is 1.00. The van der Waals surface area contributed by atoms with Crippen LogP contribution in [0.2, 0.25) is 0 Å². The Bertz CT molecular complexity index is 163. The van der Waals surface area contributed by atoms with E-state index in [1.165, 1.54) is 6.42 Å². The average Bonchev–Trinajstić information content (AvgIpc) is 2.18. The van der Waals surface area contributed by atoms with E-state index in [2.05, 4.69) is 30.8 Å². The van der Waals surface area contributed by atoms with E-state index in [0.29, 0.717) is 6.04 Å². The van der Waals surface area contributed by atoms with Crippen molar-refractivity contribution in [1.82, 2.24) is 9.80 Å². The van der Waals surface area contributed by atoms with Crippen LogP contribution < -0.4 is 0 Å². The minimum atomic E-state index is -0.150. The van der Waals surface area contributed by atoms with Crippen LogP contribution in [0.1, 0.15) is 26.2 Å². The van der Waals surface area contributed by atoms with Crippen LogP contribution in [0.15, 0.2) is 0 Å². The Morgan fingerprint density at radius 3 is 2.71 bits per heavy atom. The van der Waals surface area contributed by atoms with Crippen LogP contribution in [0.25, 0.3) is 0 Å². The highest BCUT2D eigenvalue weighted by Gasteiger charge is 2.27. The quantitative estimate of drug-likeness (QED) is 0.726. The molecule has 2 atom stereocenters. The van der Waals surface area contributed by atoms with Gasteiger partial charge in [0.1, 0.15) is 0 Å². The van der Waals surface area contributed by atoms with Gasteiger partial charge in [-0.1, -0.05) is 19.8 Å². The molecule has 0 saturated carbocycles. The molecule has 0 amide bonds. The number of rotatable bonds is 4. The largest absolute Gasteiger partial charge is 0.391 e. The second-order valence-electron chi connectivity index (χ2n) is 4.52. The lowest BCUT2D eigenvalue weighted by Crippen LogP contribution is -2.54. The Labute approximate surface area is 87.7 Å². The zero-order chi connectivity index (χ0) is 10.6. The zero-order valence-corrected chi connectivity index (χ0v) is 9.74. The molecule has 2 unspecified atom stereocenters. The zero-order valence-electron chi connectivity index (χ0n) is 9.74. The number of nitrogens with zero attached hydrogens (tertiary/aromatic N) is 2. The summed E-state index contributed by atoms with van der Waals surface area (Å²) < 4.78 is 0. The summed E-state index contributed by atoms with van der Waals surface area (Å²) in [5.41, 5.74) is 0. The molecule has 84 valence electrons. The molecule has 0 aromatic carbocycles. The smallest absolute Gasteiger partial charge is 0.0707 e. The highest BCUT2D eigenvalue weighted by atomic mass is 16.3. The van der Waals surface area contributed by atoms with Crippen LogP contribution in [0.5, 0.6) is 0 Å². The number of unbranched alkanes of at least 4 members (excludes halogenated alkanes) is 1. The Kier molecular flexibility index (Phi) is 4.85. The fourth-order valence-corrected chi connectivity index (χ4v) is 2.07. The van der Waals surface area contributed by atoms with Crippen LogP contribution in [-0.4, -0.2) is 60.8 Å². The third-order valence-corrected chi connectivity index (χ3v) is 3.20. The number of hydrogen-bond acceptors (Lipinski definition) is 3. The molecule has 3 nitrogen and oxygen atoms in total. The summed E-state index contributed by atoms with van der Waals surface area (Å²) >= 11 is 0. The molecule has 0 aromatic rings. The van der Waals surface area contributed by atoms with Crippen LogP contribution in [-0.2, 0) is 0 Å². The van der Waals surface area contributed by atoms with Gasteiger partial charge in [0.2, 0.25) is 0 Å². The van der Waals surface area contributed by atoms with Crippen molar-refractivity contribution in [3.05, 3.63) is 0 Å². The summed E-state index contributed by atoms with van der Waals surface area (Å²) in [6, 6.07) is 0.334. The predicted octanol–water partition coefficient (Wildman–Crippen LogP) is 0.783.